The van der Waals surface area contributed by atoms with E-state index in [9.17, 15) is 14.3 Å². The molecule has 0 spiro atoms. The topological polar surface area (TPSA) is 49.3 Å². The molecule has 2 aromatic rings. The molecule has 0 heterocycles. The maximum atomic E-state index is 13.6. The fourth-order valence-electron chi connectivity index (χ4n) is 3.91. The number of aliphatic hydroxyl groups excluding tert-OH is 1. The zero-order valence-electron chi connectivity index (χ0n) is 15.7. The Morgan fingerprint density at radius 3 is 2.56 bits per heavy atom. The average molecular weight is 367 g/mol. The Morgan fingerprint density at radius 1 is 1.19 bits per heavy atom. The summed E-state index contributed by atoms with van der Waals surface area (Å²) in [5.74, 6) is 0.568. The van der Waals surface area contributed by atoms with Crippen molar-refractivity contribution in [3.05, 3.63) is 70.0 Å². The fraction of sp³-hybridized carbons (Fsp3) is 0.435. The van der Waals surface area contributed by atoms with E-state index in [4.69, 9.17) is 0 Å². The molecule has 0 unspecified atom stereocenters. The van der Waals surface area contributed by atoms with Crippen molar-refractivity contribution in [1.29, 1.82) is 0 Å². The van der Waals surface area contributed by atoms with E-state index in [0.717, 1.165) is 42.4 Å². The molecule has 2 aromatic carbocycles. The molecule has 0 aromatic heterocycles. The van der Waals surface area contributed by atoms with E-state index in [1.165, 1.54) is 12.5 Å². The van der Waals surface area contributed by atoms with Crippen molar-refractivity contribution < 1.29 is 14.3 Å². The molecule has 0 saturated heterocycles. The molecule has 0 radical (unpaired) electrons. The maximum absolute atomic E-state index is 13.6. The van der Waals surface area contributed by atoms with E-state index in [1.54, 1.807) is 19.1 Å². The van der Waals surface area contributed by atoms with Gasteiger partial charge in [-0.05, 0) is 84.9 Å². The number of nitrogens with one attached hydrogen (secondary N) is 1. The lowest BCUT2D eigenvalue weighted by atomic mass is 9.79. The number of halogens is 1. The van der Waals surface area contributed by atoms with Crippen LogP contribution in [-0.4, -0.2) is 11.0 Å². The van der Waals surface area contributed by atoms with Gasteiger partial charge in [-0.1, -0.05) is 24.6 Å². The fourth-order valence-corrected chi connectivity index (χ4v) is 3.91. The van der Waals surface area contributed by atoms with Gasteiger partial charge in [0.05, 0.1) is 12.6 Å². The highest BCUT2D eigenvalue weighted by atomic mass is 19.1. The van der Waals surface area contributed by atoms with Crippen LogP contribution in [0.3, 0.4) is 0 Å². The van der Waals surface area contributed by atoms with Gasteiger partial charge in [0.15, 0.2) is 0 Å². The molecule has 3 nitrogen and oxygen atoms in total. The first kappa shape index (κ1) is 18.2. The normalized spacial score (nSPS) is 18.0. The first-order valence-electron chi connectivity index (χ1n) is 9.87. The van der Waals surface area contributed by atoms with E-state index >= 15 is 0 Å². The smallest absolute Gasteiger partial charge is 0.251 e. The zero-order chi connectivity index (χ0) is 19.0. The van der Waals surface area contributed by atoms with Crippen LogP contribution in [0.25, 0.3) is 0 Å². The summed E-state index contributed by atoms with van der Waals surface area (Å²) >= 11 is 0. The number of rotatable bonds is 6. The summed E-state index contributed by atoms with van der Waals surface area (Å²) in [4.78, 5) is 13.0. The van der Waals surface area contributed by atoms with Gasteiger partial charge in [0.1, 0.15) is 5.82 Å². The number of amides is 1. The lowest BCUT2D eigenvalue weighted by molar-refractivity contribution is 0.0931. The van der Waals surface area contributed by atoms with Gasteiger partial charge in [0.2, 0.25) is 0 Å². The van der Waals surface area contributed by atoms with Crippen molar-refractivity contribution in [2.75, 3.05) is 0 Å². The third kappa shape index (κ3) is 3.91. The molecule has 0 bridgehead atoms. The standard InChI is InChI=1S/C23H26FNO2/c1-14-9-18(7-8-21(14)24)22(17-5-6-17)25-23(27)20-11-15(13-26)10-19(12-20)16-3-2-4-16/h7-12,16-17,22,26H,2-6,13H2,1H3,(H,25,27)/t22-/m0/s1. The predicted molar refractivity (Wildman–Crippen MR) is 103 cm³/mol. The van der Waals surface area contributed by atoms with Crippen molar-refractivity contribution in [3.8, 4) is 0 Å². The van der Waals surface area contributed by atoms with Crippen molar-refractivity contribution in [2.24, 2.45) is 5.92 Å². The second-order valence-corrected chi connectivity index (χ2v) is 8.05. The molecule has 2 saturated carbocycles. The van der Waals surface area contributed by atoms with Crippen molar-refractivity contribution in [1.82, 2.24) is 5.32 Å². The summed E-state index contributed by atoms with van der Waals surface area (Å²) in [6.45, 7) is 1.68. The van der Waals surface area contributed by atoms with Crippen LogP contribution in [0.15, 0.2) is 36.4 Å². The van der Waals surface area contributed by atoms with Crippen LogP contribution >= 0.6 is 0 Å². The van der Waals surface area contributed by atoms with Gasteiger partial charge >= 0.3 is 0 Å². The molecule has 0 aliphatic heterocycles. The van der Waals surface area contributed by atoms with Gasteiger partial charge in [-0.2, -0.15) is 0 Å². The van der Waals surface area contributed by atoms with Gasteiger partial charge in [-0.15, -0.1) is 0 Å². The second-order valence-electron chi connectivity index (χ2n) is 8.05. The monoisotopic (exact) mass is 367 g/mol. The molecule has 27 heavy (non-hydrogen) atoms. The van der Waals surface area contributed by atoms with Crippen LogP contribution in [0.1, 0.15) is 76.7 Å². The van der Waals surface area contributed by atoms with Crippen molar-refractivity contribution in [3.63, 3.8) is 0 Å². The highest BCUT2D eigenvalue weighted by Crippen LogP contribution is 2.42. The van der Waals surface area contributed by atoms with Crippen LogP contribution < -0.4 is 5.32 Å². The van der Waals surface area contributed by atoms with Crippen LogP contribution in [0.4, 0.5) is 4.39 Å². The first-order chi connectivity index (χ1) is 13.0. The minimum absolute atomic E-state index is 0.0654. The SMILES string of the molecule is Cc1cc([C@@H](NC(=O)c2cc(CO)cc(C3CCC3)c2)C2CC2)ccc1F. The average Bonchev–Trinajstić information content (AvgIpc) is 3.45. The molecule has 4 heteroatoms. The van der Waals surface area contributed by atoms with Gasteiger partial charge < -0.3 is 10.4 Å². The molecule has 142 valence electrons. The molecular weight excluding hydrogens is 341 g/mol. The summed E-state index contributed by atoms with van der Waals surface area (Å²) in [6, 6.07) is 10.8. The summed E-state index contributed by atoms with van der Waals surface area (Å²) in [5, 5.41) is 12.8. The highest BCUT2D eigenvalue weighted by molar-refractivity contribution is 5.95. The largest absolute Gasteiger partial charge is 0.392 e. The number of hydrogen-bond donors (Lipinski definition) is 2. The quantitative estimate of drug-likeness (QED) is 0.772. The minimum Gasteiger partial charge on any atom is -0.392 e. The molecule has 2 aliphatic carbocycles. The molecular formula is C23H26FNO2. The van der Waals surface area contributed by atoms with E-state index in [-0.39, 0.29) is 24.4 Å². The first-order valence-corrected chi connectivity index (χ1v) is 9.87. The predicted octanol–water partition coefficient (Wildman–Crippen LogP) is 4.78. The van der Waals surface area contributed by atoms with Gasteiger partial charge in [-0.3, -0.25) is 4.79 Å². The number of carbonyl (C=O) groups excluding carboxylic acids is 1. The summed E-state index contributed by atoms with van der Waals surface area (Å²) < 4.78 is 13.6. The Labute approximate surface area is 159 Å². The minimum atomic E-state index is -0.222. The molecule has 1 atom stereocenters. The van der Waals surface area contributed by atoms with Crippen LogP contribution in [0.2, 0.25) is 0 Å². The lowest BCUT2D eigenvalue weighted by Gasteiger charge is -2.27. The third-order valence-corrected chi connectivity index (χ3v) is 5.96. The Morgan fingerprint density at radius 2 is 1.96 bits per heavy atom. The summed E-state index contributed by atoms with van der Waals surface area (Å²) in [6.07, 6.45) is 5.67. The Hall–Kier alpha value is -2.20. The van der Waals surface area contributed by atoms with Crippen LogP contribution in [-0.2, 0) is 6.61 Å². The Kier molecular flexibility index (Phi) is 5.00. The number of aryl methyl sites for hydroxylation is 1. The van der Waals surface area contributed by atoms with Gasteiger partial charge in [0.25, 0.3) is 5.91 Å². The summed E-state index contributed by atoms with van der Waals surface area (Å²) in [7, 11) is 0. The number of carbonyl (C=O) groups is 1. The van der Waals surface area contributed by atoms with Crippen LogP contribution in [0, 0.1) is 18.7 Å². The van der Waals surface area contributed by atoms with E-state index in [2.05, 4.69) is 5.32 Å². The molecule has 2 N–H and O–H groups in total. The van der Waals surface area contributed by atoms with Crippen molar-refractivity contribution >= 4 is 5.91 Å². The highest BCUT2D eigenvalue weighted by Gasteiger charge is 2.34. The molecule has 1 amide bonds. The maximum Gasteiger partial charge on any atom is 0.251 e. The number of aliphatic hydroxyl groups is 1. The lowest BCUT2D eigenvalue weighted by Crippen LogP contribution is -2.30. The number of hydrogen-bond acceptors (Lipinski definition) is 2. The Bertz CT molecular complexity index is 855. The molecule has 4 rings (SSSR count). The third-order valence-electron chi connectivity index (χ3n) is 5.96. The van der Waals surface area contributed by atoms with Crippen molar-refractivity contribution in [2.45, 2.75) is 57.6 Å². The molecule has 2 fully saturated rings. The van der Waals surface area contributed by atoms with E-state index < -0.39 is 0 Å². The zero-order valence-corrected chi connectivity index (χ0v) is 15.7. The van der Waals surface area contributed by atoms with Gasteiger partial charge in [-0.25, -0.2) is 4.39 Å². The van der Waals surface area contributed by atoms with Crippen LogP contribution in [0.5, 0.6) is 0 Å². The second kappa shape index (κ2) is 7.43. The Balaban J connectivity index is 1.58. The van der Waals surface area contributed by atoms with E-state index in [1.807, 2.05) is 18.2 Å². The molecule has 2 aliphatic rings. The number of benzene rings is 2. The van der Waals surface area contributed by atoms with E-state index in [0.29, 0.717) is 23.0 Å². The van der Waals surface area contributed by atoms with Gasteiger partial charge in [0, 0.05) is 5.56 Å². The summed E-state index contributed by atoms with van der Waals surface area (Å²) in [5.41, 5.74) is 4.10.